The predicted octanol–water partition coefficient (Wildman–Crippen LogP) is 5.71. The molecule has 2 aliphatic rings. The van der Waals surface area contributed by atoms with Gasteiger partial charge >= 0.3 is 0 Å². The third-order valence-corrected chi connectivity index (χ3v) is 7.44. The van der Waals surface area contributed by atoms with E-state index in [0.717, 1.165) is 5.56 Å². The lowest BCUT2D eigenvalue weighted by molar-refractivity contribution is -0.115. The minimum Gasteiger partial charge on any atom is -0.328 e. The standard InChI is InChI=1S/C27H32N2OS/c1-25(2)13-14-26(3,4)21-16-19(11-12-20(21)25)27(5,6)18-9-7-17(8-10-18)15-22-23(30)29-24(31)28-22/h7-12,15-16H,13-14H2,1-6H3,(H2,28,29,30,31). The van der Waals surface area contributed by atoms with Crippen LogP contribution in [0.25, 0.3) is 6.08 Å². The first-order valence-corrected chi connectivity index (χ1v) is 11.4. The number of hydrogen-bond acceptors (Lipinski definition) is 2. The first-order chi connectivity index (χ1) is 14.4. The summed E-state index contributed by atoms with van der Waals surface area (Å²) in [6.07, 6.45) is 4.27. The van der Waals surface area contributed by atoms with Gasteiger partial charge in [-0.3, -0.25) is 10.1 Å². The molecule has 2 aromatic carbocycles. The van der Waals surface area contributed by atoms with Crippen LogP contribution < -0.4 is 10.6 Å². The van der Waals surface area contributed by atoms with E-state index >= 15 is 0 Å². The number of nitrogens with one attached hydrogen (secondary N) is 2. The van der Waals surface area contributed by atoms with Gasteiger partial charge in [-0.2, -0.15) is 0 Å². The van der Waals surface area contributed by atoms with Gasteiger partial charge in [-0.1, -0.05) is 84.0 Å². The monoisotopic (exact) mass is 432 g/mol. The van der Waals surface area contributed by atoms with Gasteiger partial charge in [0, 0.05) is 5.41 Å². The Morgan fingerprint density at radius 1 is 0.871 bits per heavy atom. The van der Waals surface area contributed by atoms with Crippen LogP contribution in [0.1, 0.15) is 82.2 Å². The molecule has 1 amide bonds. The van der Waals surface area contributed by atoms with E-state index in [0.29, 0.717) is 10.8 Å². The summed E-state index contributed by atoms with van der Waals surface area (Å²) in [5.74, 6) is -0.186. The zero-order valence-electron chi connectivity index (χ0n) is 19.3. The van der Waals surface area contributed by atoms with Crippen molar-refractivity contribution in [2.24, 2.45) is 0 Å². The van der Waals surface area contributed by atoms with E-state index in [2.05, 4.69) is 94.6 Å². The number of carbonyl (C=O) groups is 1. The van der Waals surface area contributed by atoms with Gasteiger partial charge in [0.05, 0.1) is 0 Å². The van der Waals surface area contributed by atoms with Crippen molar-refractivity contribution in [2.45, 2.75) is 70.6 Å². The summed E-state index contributed by atoms with van der Waals surface area (Å²) in [6.45, 7) is 14.1. The predicted molar refractivity (Wildman–Crippen MR) is 132 cm³/mol. The Morgan fingerprint density at radius 2 is 1.45 bits per heavy atom. The van der Waals surface area contributed by atoms with Crippen molar-refractivity contribution in [3.05, 3.63) is 76.0 Å². The van der Waals surface area contributed by atoms with Crippen molar-refractivity contribution in [2.75, 3.05) is 0 Å². The number of carbonyl (C=O) groups excluding carboxylic acids is 1. The Bertz CT molecular complexity index is 1090. The Balaban J connectivity index is 1.67. The lowest BCUT2D eigenvalue weighted by atomic mass is 9.62. The van der Waals surface area contributed by atoms with Crippen LogP contribution in [0.15, 0.2) is 48.2 Å². The molecule has 2 N–H and O–H groups in total. The molecule has 31 heavy (non-hydrogen) atoms. The van der Waals surface area contributed by atoms with Gasteiger partial charge in [0.1, 0.15) is 5.70 Å². The molecule has 0 radical (unpaired) electrons. The Labute approximate surface area is 191 Å². The Kier molecular flexibility index (Phi) is 5.13. The number of amides is 1. The minimum atomic E-state index is -0.186. The van der Waals surface area contributed by atoms with Gasteiger partial charge < -0.3 is 5.32 Å². The highest BCUT2D eigenvalue weighted by atomic mass is 32.1. The average Bonchev–Trinajstić information content (AvgIpc) is 3.02. The second kappa shape index (κ2) is 7.30. The van der Waals surface area contributed by atoms with Gasteiger partial charge in [0.25, 0.3) is 5.91 Å². The summed E-state index contributed by atoms with van der Waals surface area (Å²) >= 11 is 5.00. The smallest absolute Gasteiger partial charge is 0.273 e. The molecular formula is C27H32N2OS. The van der Waals surface area contributed by atoms with Crippen molar-refractivity contribution < 1.29 is 4.79 Å². The van der Waals surface area contributed by atoms with Gasteiger partial charge in [-0.25, -0.2) is 0 Å². The van der Waals surface area contributed by atoms with Gasteiger partial charge in [-0.05, 0) is 69.8 Å². The summed E-state index contributed by atoms with van der Waals surface area (Å²) in [6, 6.07) is 15.6. The molecule has 4 heteroatoms. The van der Waals surface area contributed by atoms with Gasteiger partial charge in [0.15, 0.2) is 5.11 Å². The third kappa shape index (κ3) is 3.94. The number of fused-ring (bicyclic) bond motifs is 1. The molecule has 1 fully saturated rings. The molecule has 1 aliphatic heterocycles. The molecule has 0 bridgehead atoms. The zero-order valence-corrected chi connectivity index (χ0v) is 20.2. The van der Waals surface area contributed by atoms with Crippen LogP contribution in [0.5, 0.6) is 0 Å². The first kappa shape index (κ1) is 21.8. The number of benzene rings is 2. The van der Waals surface area contributed by atoms with E-state index in [1.54, 1.807) is 0 Å². The van der Waals surface area contributed by atoms with Crippen LogP contribution in [0.4, 0.5) is 0 Å². The molecule has 1 aliphatic carbocycles. The molecule has 2 aromatic rings. The maximum absolute atomic E-state index is 11.9. The van der Waals surface area contributed by atoms with E-state index in [4.69, 9.17) is 12.2 Å². The second-order valence-corrected chi connectivity index (χ2v) is 11.1. The fraction of sp³-hybridized carbons (Fsp3) is 0.407. The van der Waals surface area contributed by atoms with E-state index in [-0.39, 0.29) is 22.2 Å². The maximum Gasteiger partial charge on any atom is 0.273 e. The number of rotatable bonds is 3. The molecular weight excluding hydrogens is 400 g/mol. The van der Waals surface area contributed by atoms with Crippen molar-refractivity contribution >= 4 is 29.3 Å². The normalized spacial score (nSPS) is 20.9. The van der Waals surface area contributed by atoms with Gasteiger partial charge in [0.2, 0.25) is 0 Å². The van der Waals surface area contributed by atoms with E-state index in [1.807, 2.05) is 6.08 Å². The van der Waals surface area contributed by atoms with Crippen LogP contribution in [0, 0.1) is 0 Å². The summed E-state index contributed by atoms with van der Waals surface area (Å²) in [5, 5.41) is 5.85. The van der Waals surface area contributed by atoms with Crippen molar-refractivity contribution in [1.82, 2.24) is 10.6 Å². The second-order valence-electron chi connectivity index (χ2n) is 10.7. The van der Waals surface area contributed by atoms with E-state index in [1.165, 1.54) is 35.1 Å². The molecule has 0 spiro atoms. The summed E-state index contributed by atoms with van der Waals surface area (Å²) in [5.41, 5.74) is 7.33. The van der Waals surface area contributed by atoms with Crippen LogP contribution in [0.3, 0.4) is 0 Å². The molecule has 1 heterocycles. The highest BCUT2D eigenvalue weighted by Crippen LogP contribution is 2.47. The minimum absolute atomic E-state index is 0.122. The highest BCUT2D eigenvalue weighted by molar-refractivity contribution is 7.80. The summed E-state index contributed by atoms with van der Waals surface area (Å²) in [7, 11) is 0. The van der Waals surface area contributed by atoms with Crippen LogP contribution in [0.2, 0.25) is 0 Å². The molecule has 3 nitrogen and oxygen atoms in total. The molecule has 162 valence electrons. The van der Waals surface area contributed by atoms with Crippen LogP contribution in [-0.4, -0.2) is 11.0 Å². The van der Waals surface area contributed by atoms with Crippen LogP contribution >= 0.6 is 12.2 Å². The third-order valence-electron chi connectivity index (χ3n) is 7.24. The summed E-state index contributed by atoms with van der Waals surface area (Å²) in [4.78, 5) is 11.9. The van der Waals surface area contributed by atoms with E-state index < -0.39 is 0 Å². The van der Waals surface area contributed by atoms with Crippen molar-refractivity contribution in [3.8, 4) is 0 Å². The fourth-order valence-corrected chi connectivity index (χ4v) is 4.99. The quantitative estimate of drug-likeness (QED) is 0.482. The topological polar surface area (TPSA) is 41.1 Å². The average molecular weight is 433 g/mol. The van der Waals surface area contributed by atoms with Crippen LogP contribution in [-0.2, 0) is 21.0 Å². The first-order valence-electron chi connectivity index (χ1n) is 11.0. The molecule has 0 atom stereocenters. The number of thiocarbonyl (C=S) groups is 1. The lowest BCUT2D eigenvalue weighted by Crippen LogP contribution is -2.34. The van der Waals surface area contributed by atoms with Crippen molar-refractivity contribution in [3.63, 3.8) is 0 Å². The number of hydrogen-bond donors (Lipinski definition) is 2. The lowest BCUT2D eigenvalue weighted by Gasteiger charge is -2.43. The SMILES string of the molecule is CC1(C)CCC(C)(C)c2cc(C(C)(C)c3ccc(C=C4NC(=S)NC4=O)cc3)ccc21. The molecule has 0 saturated carbocycles. The molecule has 1 saturated heterocycles. The Hall–Kier alpha value is -2.46. The molecule has 0 unspecified atom stereocenters. The summed E-state index contributed by atoms with van der Waals surface area (Å²) < 4.78 is 0. The van der Waals surface area contributed by atoms with Crippen molar-refractivity contribution in [1.29, 1.82) is 0 Å². The largest absolute Gasteiger partial charge is 0.328 e. The maximum atomic E-state index is 11.9. The van der Waals surface area contributed by atoms with Gasteiger partial charge in [-0.15, -0.1) is 0 Å². The fourth-order valence-electron chi connectivity index (χ4n) is 4.79. The molecule has 0 aromatic heterocycles. The van der Waals surface area contributed by atoms with E-state index in [9.17, 15) is 4.79 Å². The zero-order chi connectivity index (χ0) is 22.6. The Morgan fingerprint density at radius 3 is 2.03 bits per heavy atom. The molecule has 4 rings (SSSR count). The highest BCUT2D eigenvalue weighted by Gasteiger charge is 2.38.